The second kappa shape index (κ2) is 9.76. The Hall–Kier alpha value is -4.05. The Morgan fingerprint density at radius 3 is 2.03 bits per heavy atom. The molecule has 0 aliphatic rings. The van der Waals surface area contributed by atoms with E-state index in [0.29, 0.717) is 30.9 Å². The molecular weight excluding hydrogens is 366 g/mol. The molecule has 0 saturated carbocycles. The molecule has 0 aliphatic carbocycles. The third kappa shape index (κ3) is 5.71. The van der Waals surface area contributed by atoms with Crippen LogP contribution >= 0.6 is 0 Å². The first kappa shape index (κ1) is 19.7. The minimum atomic E-state index is -0.451. The maximum atomic E-state index is 10.7. The Bertz CT molecular complexity index is 1010. The number of anilines is 1. The Morgan fingerprint density at radius 1 is 0.897 bits per heavy atom. The molecule has 0 aromatic heterocycles. The van der Waals surface area contributed by atoms with Crippen LogP contribution in [0.4, 0.5) is 22.7 Å². The number of hydrogen-bond donors (Lipinski definition) is 0. The highest BCUT2D eigenvalue weighted by Crippen LogP contribution is 2.24. The van der Waals surface area contributed by atoms with Crippen molar-refractivity contribution in [3.8, 4) is 6.07 Å². The zero-order valence-corrected chi connectivity index (χ0v) is 15.7. The summed E-state index contributed by atoms with van der Waals surface area (Å²) in [5.74, 6) is 0. The molecule has 0 fully saturated rings. The minimum absolute atomic E-state index is 0.0178. The summed E-state index contributed by atoms with van der Waals surface area (Å²) in [7, 11) is 0. The summed E-state index contributed by atoms with van der Waals surface area (Å²) in [6.07, 6.45) is 0.439. The molecule has 0 spiro atoms. The van der Waals surface area contributed by atoms with Gasteiger partial charge in [0.2, 0.25) is 0 Å². The smallest absolute Gasteiger partial charge is 0.269 e. The number of nitro benzene ring substituents is 1. The quantitative estimate of drug-likeness (QED) is 0.273. The normalized spacial score (nSPS) is 10.6. The van der Waals surface area contributed by atoms with Crippen LogP contribution in [0.5, 0.6) is 0 Å². The molecule has 7 nitrogen and oxygen atoms in total. The van der Waals surface area contributed by atoms with Gasteiger partial charge in [-0.05, 0) is 42.0 Å². The summed E-state index contributed by atoms with van der Waals surface area (Å²) >= 11 is 0. The molecule has 3 aromatic rings. The standard InChI is InChI=1S/C22H19N5O2/c23-15-4-16-26(17-18-5-2-1-3-6-18)21-11-7-19(8-12-21)24-25-20-9-13-22(14-10-20)27(28)29/h1-3,5-14H,4,16-17H2. The largest absolute Gasteiger partial charge is 0.366 e. The molecule has 7 heteroatoms. The van der Waals surface area contributed by atoms with Crippen molar-refractivity contribution in [3.63, 3.8) is 0 Å². The van der Waals surface area contributed by atoms with Crippen molar-refractivity contribution in [3.05, 3.63) is 94.5 Å². The summed E-state index contributed by atoms with van der Waals surface area (Å²) < 4.78 is 0. The van der Waals surface area contributed by atoms with Gasteiger partial charge in [-0.15, -0.1) is 0 Å². The lowest BCUT2D eigenvalue weighted by molar-refractivity contribution is -0.384. The molecule has 0 atom stereocenters. The SMILES string of the molecule is N#CCCN(Cc1ccccc1)c1ccc(N=Nc2ccc([N+](=O)[O-])cc2)cc1. The lowest BCUT2D eigenvalue weighted by Gasteiger charge is -2.24. The highest BCUT2D eigenvalue weighted by molar-refractivity contribution is 5.53. The topological polar surface area (TPSA) is 94.9 Å². The van der Waals surface area contributed by atoms with E-state index < -0.39 is 4.92 Å². The van der Waals surface area contributed by atoms with Gasteiger partial charge in [0.05, 0.1) is 28.8 Å². The van der Waals surface area contributed by atoms with Crippen molar-refractivity contribution in [2.45, 2.75) is 13.0 Å². The van der Waals surface area contributed by atoms with Gasteiger partial charge in [0.25, 0.3) is 5.69 Å². The first-order valence-corrected chi connectivity index (χ1v) is 9.08. The number of rotatable bonds is 8. The number of benzene rings is 3. The van der Waals surface area contributed by atoms with E-state index in [1.165, 1.54) is 17.7 Å². The van der Waals surface area contributed by atoms with Crippen molar-refractivity contribution in [2.24, 2.45) is 10.2 Å². The lowest BCUT2D eigenvalue weighted by Crippen LogP contribution is -2.23. The van der Waals surface area contributed by atoms with Gasteiger partial charge in [-0.25, -0.2) is 0 Å². The second-order valence-electron chi connectivity index (χ2n) is 6.31. The van der Waals surface area contributed by atoms with E-state index in [2.05, 4.69) is 33.3 Å². The number of azo groups is 1. The number of nitriles is 1. The van der Waals surface area contributed by atoms with Crippen LogP contribution in [0.2, 0.25) is 0 Å². The van der Waals surface area contributed by atoms with E-state index in [1.54, 1.807) is 12.1 Å². The summed E-state index contributed by atoms with van der Waals surface area (Å²) in [4.78, 5) is 12.4. The van der Waals surface area contributed by atoms with Crippen molar-refractivity contribution < 1.29 is 4.92 Å². The zero-order chi connectivity index (χ0) is 20.5. The van der Waals surface area contributed by atoms with Gasteiger partial charge in [0.1, 0.15) is 0 Å². The van der Waals surface area contributed by atoms with Crippen LogP contribution in [0.3, 0.4) is 0 Å². The zero-order valence-electron chi connectivity index (χ0n) is 15.7. The van der Waals surface area contributed by atoms with Gasteiger partial charge in [0.15, 0.2) is 0 Å². The van der Waals surface area contributed by atoms with Crippen LogP contribution in [0.25, 0.3) is 0 Å². The van der Waals surface area contributed by atoms with E-state index in [0.717, 1.165) is 5.69 Å². The first-order valence-electron chi connectivity index (χ1n) is 9.08. The predicted octanol–water partition coefficient (Wildman–Crippen LogP) is 5.93. The Labute approximate surface area is 168 Å². The molecule has 0 N–H and O–H groups in total. The summed E-state index contributed by atoms with van der Waals surface area (Å²) in [5, 5.41) is 27.9. The fraction of sp³-hybridized carbons (Fsp3) is 0.136. The summed E-state index contributed by atoms with van der Waals surface area (Å²) in [6.45, 7) is 1.35. The number of nitrogens with zero attached hydrogens (tertiary/aromatic N) is 5. The van der Waals surface area contributed by atoms with E-state index in [4.69, 9.17) is 5.26 Å². The maximum absolute atomic E-state index is 10.7. The van der Waals surface area contributed by atoms with Gasteiger partial charge >= 0.3 is 0 Å². The number of hydrogen-bond acceptors (Lipinski definition) is 6. The molecule has 0 aliphatic heterocycles. The fourth-order valence-electron chi connectivity index (χ4n) is 2.77. The summed E-state index contributed by atoms with van der Waals surface area (Å²) in [5.41, 5.74) is 3.40. The first-order chi connectivity index (χ1) is 14.2. The Balaban J connectivity index is 1.71. The molecule has 0 unspecified atom stereocenters. The average molecular weight is 385 g/mol. The molecule has 0 saturated heterocycles. The second-order valence-corrected chi connectivity index (χ2v) is 6.31. The molecule has 144 valence electrons. The van der Waals surface area contributed by atoms with Crippen LogP contribution in [0.15, 0.2) is 89.1 Å². The molecule has 0 radical (unpaired) electrons. The highest BCUT2D eigenvalue weighted by Gasteiger charge is 2.08. The lowest BCUT2D eigenvalue weighted by atomic mass is 10.2. The highest BCUT2D eigenvalue weighted by atomic mass is 16.6. The van der Waals surface area contributed by atoms with E-state index in [-0.39, 0.29) is 5.69 Å². The monoisotopic (exact) mass is 385 g/mol. The van der Waals surface area contributed by atoms with Crippen molar-refractivity contribution in [1.82, 2.24) is 0 Å². The van der Waals surface area contributed by atoms with Gasteiger partial charge in [-0.1, -0.05) is 30.3 Å². The summed E-state index contributed by atoms with van der Waals surface area (Å²) in [6, 6.07) is 25.8. The van der Waals surface area contributed by atoms with E-state index in [1.807, 2.05) is 42.5 Å². The van der Waals surface area contributed by atoms with Crippen LogP contribution in [-0.4, -0.2) is 11.5 Å². The average Bonchev–Trinajstić information content (AvgIpc) is 2.76. The van der Waals surface area contributed by atoms with Crippen molar-refractivity contribution >= 4 is 22.7 Å². The van der Waals surface area contributed by atoms with Crippen LogP contribution in [-0.2, 0) is 6.54 Å². The van der Waals surface area contributed by atoms with Gasteiger partial charge in [-0.3, -0.25) is 10.1 Å². The molecule has 3 aromatic carbocycles. The number of nitro groups is 1. The van der Waals surface area contributed by atoms with Crippen molar-refractivity contribution in [2.75, 3.05) is 11.4 Å². The van der Waals surface area contributed by atoms with Crippen LogP contribution in [0, 0.1) is 21.4 Å². The maximum Gasteiger partial charge on any atom is 0.269 e. The minimum Gasteiger partial charge on any atom is -0.366 e. The van der Waals surface area contributed by atoms with E-state index >= 15 is 0 Å². The van der Waals surface area contributed by atoms with Gasteiger partial charge in [0, 0.05) is 30.9 Å². The van der Waals surface area contributed by atoms with Gasteiger partial charge < -0.3 is 4.90 Å². The molecular formula is C22H19N5O2. The fourth-order valence-corrected chi connectivity index (χ4v) is 2.77. The molecule has 0 amide bonds. The van der Waals surface area contributed by atoms with Crippen LogP contribution < -0.4 is 4.90 Å². The Kier molecular flexibility index (Phi) is 6.63. The Morgan fingerprint density at radius 2 is 1.48 bits per heavy atom. The molecule has 29 heavy (non-hydrogen) atoms. The molecule has 0 heterocycles. The van der Waals surface area contributed by atoms with E-state index in [9.17, 15) is 10.1 Å². The molecule has 3 rings (SSSR count). The number of non-ortho nitro benzene ring substituents is 1. The van der Waals surface area contributed by atoms with Gasteiger partial charge in [-0.2, -0.15) is 15.5 Å². The predicted molar refractivity (Wildman–Crippen MR) is 111 cm³/mol. The van der Waals surface area contributed by atoms with Crippen LogP contribution in [0.1, 0.15) is 12.0 Å². The third-order valence-corrected chi connectivity index (χ3v) is 4.27. The third-order valence-electron chi connectivity index (χ3n) is 4.27. The molecule has 0 bridgehead atoms. The van der Waals surface area contributed by atoms with Crippen molar-refractivity contribution in [1.29, 1.82) is 5.26 Å².